The molecule has 0 radical (unpaired) electrons. The summed E-state index contributed by atoms with van der Waals surface area (Å²) in [4.78, 5) is 22.8. The first-order valence-electron chi connectivity index (χ1n) is 10.3. The molecule has 29 heavy (non-hydrogen) atoms. The van der Waals surface area contributed by atoms with Crippen LogP contribution in [0.5, 0.6) is 17.6 Å². The summed E-state index contributed by atoms with van der Waals surface area (Å²) in [5.41, 5.74) is 0.686. The monoisotopic (exact) mass is 399 g/mol. The minimum absolute atomic E-state index is 0.0255. The summed E-state index contributed by atoms with van der Waals surface area (Å²) in [6.45, 7) is 4.19. The zero-order valence-electron chi connectivity index (χ0n) is 17.2. The van der Waals surface area contributed by atoms with E-state index < -0.39 is 0 Å². The Balaban J connectivity index is 1.46. The second-order valence-electron chi connectivity index (χ2n) is 7.07. The van der Waals surface area contributed by atoms with Crippen LogP contribution >= 0.6 is 0 Å². The van der Waals surface area contributed by atoms with Gasteiger partial charge in [0.2, 0.25) is 5.88 Å². The fourth-order valence-electron chi connectivity index (χ4n) is 3.26. The minimum Gasteiger partial charge on any atom is -0.494 e. The van der Waals surface area contributed by atoms with Crippen molar-refractivity contribution in [1.29, 1.82) is 0 Å². The second-order valence-corrected chi connectivity index (χ2v) is 7.07. The molecule has 2 aromatic rings. The Hall–Kier alpha value is -2.83. The zero-order valence-corrected chi connectivity index (χ0v) is 17.2. The normalized spacial score (nSPS) is 14.5. The van der Waals surface area contributed by atoms with E-state index in [0.29, 0.717) is 31.1 Å². The number of methoxy groups -OCH3 is 1. The summed E-state index contributed by atoms with van der Waals surface area (Å²) in [5.74, 6) is 1.35. The molecule has 3 rings (SSSR count). The number of ether oxygens (including phenoxy) is 3. The number of carbonyl (C=O) groups excluding carboxylic acids is 1. The molecular weight excluding hydrogens is 370 g/mol. The summed E-state index contributed by atoms with van der Waals surface area (Å²) >= 11 is 0. The smallest absolute Gasteiger partial charge is 0.319 e. The summed E-state index contributed by atoms with van der Waals surface area (Å²) in [5, 5.41) is 0. The van der Waals surface area contributed by atoms with Gasteiger partial charge in [-0.25, -0.2) is 4.98 Å². The zero-order chi connectivity index (χ0) is 20.5. The Kier molecular flexibility index (Phi) is 7.67. The van der Waals surface area contributed by atoms with Gasteiger partial charge < -0.3 is 19.1 Å². The second kappa shape index (κ2) is 10.6. The highest BCUT2D eigenvalue weighted by atomic mass is 16.5. The molecule has 1 fully saturated rings. The van der Waals surface area contributed by atoms with Crippen molar-refractivity contribution in [3.63, 3.8) is 0 Å². The molecule has 0 spiro atoms. The van der Waals surface area contributed by atoms with Gasteiger partial charge in [0.05, 0.1) is 13.7 Å². The SMILES string of the molecule is CCCCCOc1ccc(C(=O)N2CCC(Oc3ccnc(OC)n3)CC2)cc1. The van der Waals surface area contributed by atoms with Crippen LogP contribution in [-0.4, -0.2) is 53.7 Å². The topological polar surface area (TPSA) is 73.8 Å². The van der Waals surface area contributed by atoms with Gasteiger partial charge in [0.15, 0.2) is 0 Å². The number of benzene rings is 1. The number of likely N-dealkylation sites (tertiary alicyclic amines) is 1. The molecule has 7 nitrogen and oxygen atoms in total. The van der Waals surface area contributed by atoms with Crippen molar-refractivity contribution in [2.75, 3.05) is 26.8 Å². The number of amides is 1. The fraction of sp³-hybridized carbons (Fsp3) is 0.500. The lowest BCUT2D eigenvalue weighted by atomic mass is 10.1. The molecule has 1 aliphatic rings. The molecule has 1 amide bonds. The Labute approximate surface area is 172 Å². The standard InChI is InChI=1S/C22H29N3O4/c1-3-4-5-16-28-18-8-6-17(7-9-18)21(26)25-14-11-19(12-15-25)29-20-10-13-23-22(24-20)27-2/h6-10,13,19H,3-5,11-12,14-16H2,1-2H3. The van der Waals surface area contributed by atoms with Crippen LogP contribution in [0.15, 0.2) is 36.5 Å². The predicted molar refractivity (Wildman–Crippen MR) is 110 cm³/mol. The van der Waals surface area contributed by atoms with Crippen molar-refractivity contribution in [3.05, 3.63) is 42.1 Å². The lowest BCUT2D eigenvalue weighted by Crippen LogP contribution is -2.41. The van der Waals surface area contributed by atoms with Gasteiger partial charge in [-0.1, -0.05) is 19.8 Å². The van der Waals surface area contributed by atoms with Crippen LogP contribution in [0.4, 0.5) is 0 Å². The van der Waals surface area contributed by atoms with Crippen LogP contribution < -0.4 is 14.2 Å². The largest absolute Gasteiger partial charge is 0.494 e. The molecule has 1 aromatic heterocycles. The first kappa shape index (κ1) is 20.9. The highest BCUT2D eigenvalue weighted by molar-refractivity contribution is 5.94. The quantitative estimate of drug-likeness (QED) is 0.598. The first-order chi connectivity index (χ1) is 14.2. The number of rotatable bonds is 9. The molecule has 1 aliphatic heterocycles. The molecule has 0 unspecified atom stereocenters. The van der Waals surface area contributed by atoms with E-state index in [1.54, 1.807) is 12.3 Å². The van der Waals surface area contributed by atoms with E-state index in [1.807, 2.05) is 29.2 Å². The summed E-state index contributed by atoms with van der Waals surface area (Å²) in [6, 6.07) is 9.43. The number of carbonyl (C=O) groups is 1. The van der Waals surface area contributed by atoms with Crippen molar-refractivity contribution in [1.82, 2.24) is 14.9 Å². The van der Waals surface area contributed by atoms with Crippen LogP contribution in [0.3, 0.4) is 0 Å². The van der Waals surface area contributed by atoms with E-state index in [-0.39, 0.29) is 18.0 Å². The predicted octanol–water partition coefficient (Wildman–Crippen LogP) is 3.74. The van der Waals surface area contributed by atoms with E-state index >= 15 is 0 Å². The van der Waals surface area contributed by atoms with E-state index in [2.05, 4.69) is 16.9 Å². The summed E-state index contributed by atoms with van der Waals surface area (Å²) in [7, 11) is 1.52. The molecule has 7 heteroatoms. The molecule has 0 N–H and O–H groups in total. The summed E-state index contributed by atoms with van der Waals surface area (Å²) in [6.07, 6.45) is 6.55. The van der Waals surface area contributed by atoms with Crippen LogP contribution in [0.2, 0.25) is 0 Å². The third-order valence-electron chi connectivity index (χ3n) is 4.92. The molecule has 0 bridgehead atoms. The average molecular weight is 399 g/mol. The van der Waals surface area contributed by atoms with Crippen LogP contribution in [0.25, 0.3) is 0 Å². The molecule has 1 saturated heterocycles. The number of hydrogen-bond donors (Lipinski definition) is 0. The molecule has 0 saturated carbocycles. The lowest BCUT2D eigenvalue weighted by Gasteiger charge is -2.32. The Morgan fingerprint density at radius 2 is 1.90 bits per heavy atom. The third kappa shape index (κ3) is 6.07. The van der Waals surface area contributed by atoms with Crippen LogP contribution in [-0.2, 0) is 0 Å². The van der Waals surface area contributed by atoms with Gasteiger partial charge in [0, 0.05) is 43.8 Å². The van der Waals surface area contributed by atoms with E-state index in [0.717, 1.165) is 25.0 Å². The van der Waals surface area contributed by atoms with Crippen molar-refractivity contribution >= 4 is 5.91 Å². The number of hydrogen-bond acceptors (Lipinski definition) is 6. The van der Waals surface area contributed by atoms with E-state index in [4.69, 9.17) is 14.2 Å². The maximum absolute atomic E-state index is 12.8. The first-order valence-corrected chi connectivity index (χ1v) is 10.3. The maximum atomic E-state index is 12.8. The van der Waals surface area contributed by atoms with Crippen LogP contribution in [0, 0.1) is 0 Å². The van der Waals surface area contributed by atoms with Crippen LogP contribution in [0.1, 0.15) is 49.4 Å². The highest BCUT2D eigenvalue weighted by Crippen LogP contribution is 2.21. The van der Waals surface area contributed by atoms with E-state index in [1.165, 1.54) is 20.0 Å². The lowest BCUT2D eigenvalue weighted by molar-refractivity contribution is 0.0586. The fourth-order valence-corrected chi connectivity index (χ4v) is 3.26. The molecule has 1 aromatic carbocycles. The molecule has 2 heterocycles. The van der Waals surface area contributed by atoms with Gasteiger partial charge in [0.1, 0.15) is 11.9 Å². The highest BCUT2D eigenvalue weighted by Gasteiger charge is 2.25. The third-order valence-corrected chi connectivity index (χ3v) is 4.92. The Morgan fingerprint density at radius 3 is 2.59 bits per heavy atom. The number of aromatic nitrogens is 2. The van der Waals surface area contributed by atoms with Gasteiger partial charge in [-0.3, -0.25) is 4.79 Å². The van der Waals surface area contributed by atoms with E-state index in [9.17, 15) is 4.79 Å². The molecular formula is C22H29N3O4. The molecule has 0 aliphatic carbocycles. The van der Waals surface area contributed by atoms with Crippen molar-refractivity contribution in [2.45, 2.75) is 45.1 Å². The van der Waals surface area contributed by atoms with Gasteiger partial charge in [-0.05, 0) is 30.7 Å². The average Bonchev–Trinajstić information content (AvgIpc) is 2.77. The number of nitrogens with zero attached hydrogens (tertiary/aromatic N) is 3. The summed E-state index contributed by atoms with van der Waals surface area (Å²) < 4.78 is 16.6. The number of piperidine rings is 1. The number of unbranched alkanes of at least 4 members (excludes halogenated alkanes) is 2. The Bertz CT molecular complexity index is 774. The van der Waals surface area contributed by atoms with Gasteiger partial charge in [-0.15, -0.1) is 0 Å². The maximum Gasteiger partial charge on any atom is 0.319 e. The van der Waals surface area contributed by atoms with Crippen molar-refractivity contribution in [2.24, 2.45) is 0 Å². The van der Waals surface area contributed by atoms with Crippen molar-refractivity contribution < 1.29 is 19.0 Å². The Morgan fingerprint density at radius 1 is 1.14 bits per heavy atom. The van der Waals surface area contributed by atoms with Crippen molar-refractivity contribution in [3.8, 4) is 17.6 Å². The van der Waals surface area contributed by atoms with Gasteiger partial charge >= 0.3 is 6.01 Å². The van der Waals surface area contributed by atoms with Gasteiger partial charge in [0.25, 0.3) is 5.91 Å². The minimum atomic E-state index is 0.0255. The molecule has 156 valence electrons. The molecule has 0 atom stereocenters. The van der Waals surface area contributed by atoms with Gasteiger partial charge in [-0.2, -0.15) is 4.98 Å².